The molecule has 0 bridgehead atoms. The van der Waals surface area contributed by atoms with Crippen molar-refractivity contribution in [3.63, 3.8) is 0 Å². The van der Waals surface area contributed by atoms with Crippen molar-refractivity contribution in [3.8, 4) is 0 Å². The largest absolute Gasteiger partial charge is 0.391 e. The number of aliphatic hydroxyl groups excluding tert-OH is 1. The molecule has 2 atom stereocenters. The fraction of sp³-hybridized carbons (Fsp3) is 0.526. The SMILES string of the molecule is Cn1ccc2c(C(=O)N3CCN(C4CCCC4O)CC3)cccc21. The second-order valence-electron chi connectivity index (χ2n) is 7.06. The van der Waals surface area contributed by atoms with E-state index >= 15 is 0 Å². The molecule has 5 heteroatoms. The van der Waals surface area contributed by atoms with Crippen molar-refractivity contribution in [2.45, 2.75) is 31.4 Å². The maximum absolute atomic E-state index is 13.0. The molecular weight excluding hydrogens is 302 g/mol. The van der Waals surface area contributed by atoms with Gasteiger partial charge in [-0.25, -0.2) is 0 Å². The van der Waals surface area contributed by atoms with Gasteiger partial charge in [0.25, 0.3) is 5.91 Å². The van der Waals surface area contributed by atoms with E-state index in [0.29, 0.717) is 6.04 Å². The van der Waals surface area contributed by atoms with Crippen LogP contribution in [0.3, 0.4) is 0 Å². The Balaban J connectivity index is 1.48. The van der Waals surface area contributed by atoms with Crippen LogP contribution in [-0.2, 0) is 7.05 Å². The van der Waals surface area contributed by atoms with Gasteiger partial charge in [-0.3, -0.25) is 9.69 Å². The van der Waals surface area contributed by atoms with Gasteiger partial charge in [0.2, 0.25) is 0 Å². The monoisotopic (exact) mass is 327 g/mol. The van der Waals surface area contributed by atoms with Crippen molar-refractivity contribution in [1.82, 2.24) is 14.4 Å². The first-order valence-corrected chi connectivity index (χ1v) is 8.90. The molecular formula is C19H25N3O2. The standard InChI is InChI=1S/C19H25N3O2/c1-20-9-8-14-15(4-2-5-16(14)20)19(24)22-12-10-21(11-13-22)17-6-3-7-18(17)23/h2,4-5,8-9,17-18,23H,3,6-7,10-13H2,1H3. The number of fused-ring (bicyclic) bond motifs is 1. The first kappa shape index (κ1) is 15.7. The molecule has 2 fully saturated rings. The van der Waals surface area contributed by atoms with E-state index in [9.17, 15) is 9.90 Å². The van der Waals surface area contributed by atoms with Crippen LogP contribution in [0.15, 0.2) is 30.5 Å². The maximum Gasteiger partial charge on any atom is 0.254 e. The average Bonchev–Trinajstić information content (AvgIpc) is 3.20. The molecule has 1 saturated carbocycles. The van der Waals surface area contributed by atoms with Gasteiger partial charge in [-0.15, -0.1) is 0 Å². The lowest BCUT2D eigenvalue weighted by molar-refractivity contribution is 0.0316. The molecule has 1 aromatic carbocycles. The summed E-state index contributed by atoms with van der Waals surface area (Å²) in [5.41, 5.74) is 1.89. The van der Waals surface area contributed by atoms with Crippen LogP contribution in [0.25, 0.3) is 10.9 Å². The average molecular weight is 327 g/mol. The second-order valence-corrected chi connectivity index (χ2v) is 7.06. The molecule has 2 aliphatic rings. The molecule has 5 nitrogen and oxygen atoms in total. The summed E-state index contributed by atoms with van der Waals surface area (Å²) in [6.07, 6.45) is 4.92. The maximum atomic E-state index is 13.0. The van der Waals surface area contributed by atoms with E-state index in [4.69, 9.17) is 0 Å². The summed E-state index contributed by atoms with van der Waals surface area (Å²) in [5.74, 6) is 0.124. The van der Waals surface area contributed by atoms with Crippen molar-refractivity contribution >= 4 is 16.8 Å². The summed E-state index contributed by atoms with van der Waals surface area (Å²) in [5, 5.41) is 11.1. The zero-order chi connectivity index (χ0) is 16.7. The normalized spacial score (nSPS) is 25.5. The first-order valence-electron chi connectivity index (χ1n) is 8.90. The van der Waals surface area contributed by atoms with Crippen molar-refractivity contribution < 1.29 is 9.90 Å². The molecule has 1 saturated heterocycles. The lowest BCUT2D eigenvalue weighted by atomic mass is 10.1. The van der Waals surface area contributed by atoms with Crippen LogP contribution in [0.1, 0.15) is 29.6 Å². The predicted octanol–water partition coefficient (Wildman–Crippen LogP) is 1.85. The van der Waals surface area contributed by atoms with E-state index in [2.05, 4.69) is 4.90 Å². The minimum absolute atomic E-state index is 0.124. The number of rotatable bonds is 2. The van der Waals surface area contributed by atoms with E-state index in [0.717, 1.165) is 61.9 Å². The molecule has 2 heterocycles. The molecule has 2 unspecified atom stereocenters. The number of piperazine rings is 1. The Kier molecular flexibility index (Phi) is 4.06. The number of amides is 1. The number of aryl methyl sites for hydroxylation is 1. The highest BCUT2D eigenvalue weighted by atomic mass is 16.3. The summed E-state index contributed by atoms with van der Waals surface area (Å²) in [7, 11) is 2.00. The van der Waals surface area contributed by atoms with Crippen molar-refractivity contribution in [2.75, 3.05) is 26.2 Å². The predicted molar refractivity (Wildman–Crippen MR) is 94.0 cm³/mol. The van der Waals surface area contributed by atoms with Crippen LogP contribution < -0.4 is 0 Å². The third-order valence-electron chi connectivity index (χ3n) is 5.67. The zero-order valence-corrected chi connectivity index (χ0v) is 14.2. The number of hydrogen-bond donors (Lipinski definition) is 1. The van der Waals surface area contributed by atoms with Crippen LogP contribution in [0.5, 0.6) is 0 Å². The van der Waals surface area contributed by atoms with Crippen LogP contribution in [0.4, 0.5) is 0 Å². The van der Waals surface area contributed by atoms with Crippen LogP contribution in [-0.4, -0.2) is 63.7 Å². The number of aliphatic hydroxyl groups is 1. The van der Waals surface area contributed by atoms with Crippen molar-refractivity contribution in [2.24, 2.45) is 7.05 Å². The molecule has 1 N–H and O–H groups in total. The third kappa shape index (κ3) is 2.62. The van der Waals surface area contributed by atoms with E-state index in [-0.39, 0.29) is 12.0 Å². The lowest BCUT2D eigenvalue weighted by Gasteiger charge is -2.39. The summed E-state index contributed by atoms with van der Waals surface area (Å²) in [6.45, 7) is 3.20. The van der Waals surface area contributed by atoms with Gasteiger partial charge < -0.3 is 14.6 Å². The lowest BCUT2D eigenvalue weighted by Crippen LogP contribution is -2.53. The van der Waals surface area contributed by atoms with E-state index in [1.165, 1.54) is 0 Å². The van der Waals surface area contributed by atoms with Crippen LogP contribution in [0.2, 0.25) is 0 Å². The van der Waals surface area contributed by atoms with E-state index in [1.54, 1.807) is 0 Å². The molecule has 0 spiro atoms. The molecule has 4 rings (SSSR count). The van der Waals surface area contributed by atoms with Crippen LogP contribution in [0, 0.1) is 0 Å². The van der Waals surface area contributed by atoms with Gasteiger partial charge in [0.05, 0.1) is 6.10 Å². The summed E-state index contributed by atoms with van der Waals surface area (Å²) in [6, 6.07) is 8.25. The van der Waals surface area contributed by atoms with Crippen molar-refractivity contribution in [3.05, 3.63) is 36.0 Å². The van der Waals surface area contributed by atoms with Gasteiger partial charge in [-0.2, -0.15) is 0 Å². The minimum atomic E-state index is -0.190. The molecule has 1 aliphatic carbocycles. The van der Waals surface area contributed by atoms with Crippen molar-refractivity contribution in [1.29, 1.82) is 0 Å². The molecule has 24 heavy (non-hydrogen) atoms. The Hall–Kier alpha value is -1.85. The second kappa shape index (κ2) is 6.22. The molecule has 128 valence electrons. The number of hydrogen-bond acceptors (Lipinski definition) is 3. The Labute approximate surface area is 142 Å². The van der Waals surface area contributed by atoms with Gasteiger partial charge in [-0.1, -0.05) is 6.07 Å². The summed E-state index contributed by atoms with van der Waals surface area (Å²) in [4.78, 5) is 17.3. The smallest absolute Gasteiger partial charge is 0.254 e. The van der Waals surface area contributed by atoms with Crippen LogP contribution >= 0.6 is 0 Å². The molecule has 1 aliphatic heterocycles. The fourth-order valence-corrected chi connectivity index (χ4v) is 4.26. The van der Waals surface area contributed by atoms with E-state index in [1.807, 2.05) is 47.0 Å². The third-order valence-corrected chi connectivity index (χ3v) is 5.67. The Morgan fingerprint density at radius 3 is 2.62 bits per heavy atom. The van der Waals surface area contributed by atoms with Gasteiger partial charge in [0.1, 0.15) is 0 Å². The minimum Gasteiger partial charge on any atom is -0.391 e. The molecule has 2 aromatic rings. The fourth-order valence-electron chi connectivity index (χ4n) is 4.26. The molecule has 0 radical (unpaired) electrons. The number of nitrogens with zero attached hydrogens (tertiary/aromatic N) is 3. The summed E-state index contributed by atoms with van der Waals surface area (Å²) >= 11 is 0. The van der Waals surface area contributed by atoms with Gasteiger partial charge in [-0.05, 0) is 37.5 Å². The number of benzene rings is 1. The quantitative estimate of drug-likeness (QED) is 0.916. The Bertz CT molecular complexity index is 746. The Morgan fingerprint density at radius 1 is 1.12 bits per heavy atom. The van der Waals surface area contributed by atoms with Gasteiger partial charge in [0, 0.05) is 61.9 Å². The van der Waals surface area contributed by atoms with Gasteiger partial charge in [0.15, 0.2) is 0 Å². The molecule has 1 amide bonds. The van der Waals surface area contributed by atoms with Gasteiger partial charge >= 0.3 is 0 Å². The highest BCUT2D eigenvalue weighted by molar-refractivity contribution is 6.06. The summed E-state index contributed by atoms with van der Waals surface area (Å²) < 4.78 is 2.05. The highest BCUT2D eigenvalue weighted by Crippen LogP contribution is 2.26. The Morgan fingerprint density at radius 2 is 1.92 bits per heavy atom. The first-order chi connectivity index (χ1) is 11.6. The zero-order valence-electron chi connectivity index (χ0n) is 14.2. The topological polar surface area (TPSA) is 48.7 Å². The molecule has 1 aromatic heterocycles. The number of carbonyl (C=O) groups is 1. The number of carbonyl (C=O) groups excluding carboxylic acids is 1. The van der Waals surface area contributed by atoms with E-state index < -0.39 is 0 Å². The highest BCUT2D eigenvalue weighted by Gasteiger charge is 2.33. The number of aromatic nitrogens is 1.